The van der Waals surface area contributed by atoms with Crippen LogP contribution < -0.4 is 0 Å². The van der Waals surface area contributed by atoms with Crippen LogP contribution >= 0.6 is 0 Å². The van der Waals surface area contributed by atoms with E-state index in [-0.39, 0.29) is 0 Å². The SMILES string of the molecule is N#CCN(C/C=C\c1ccccc1)C1CC1. The smallest absolute Gasteiger partial charge is 0.0871 e. The number of nitrogens with zero attached hydrogens (tertiary/aromatic N) is 2. The summed E-state index contributed by atoms with van der Waals surface area (Å²) in [5, 5.41) is 8.71. The minimum absolute atomic E-state index is 0.545. The van der Waals surface area contributed by atoms with Gasteiger partial charge in [0.1, 0.15) is 0 Å². The first kappa shape index (κ1) is 10.9. The van der Waals surface area contributed by atoms with Crippen LogP contribution in [0.5, 0.6) is 0 Å². The summed E-state index contributed by atoms with van der Waals surface area (Å²) in [5.41, 5.74) is 1.22. The molecule has 2 nitrogen and oxygen atoms in total. The van der Waals surface area contributed by atoms with Crippen molar-refractivity contribution in [3.05, 3.63) is 42.0 Å². The van der Waals surface area contributed by atoms with Crippen LogP contribution in [-0.2, 0) is 0 Å². The highest BCUT2D eigenvalue weighted by molar-refractivity contribution is 5.48. The van der Waals surface area contributed by atoms with E-state index in [0.29, 0.717) is 12.6 Å². The van der Waals surface area contributed by atoms with Crippen molar-refractivity contribution in [3.8, 4) is 6.07 Å². The summed E-state index contributed by atoms with van der Waals surface area (Å²) in [4.78, 5) is 2.24. The summed E-state index contributed by atoms with van der Waals surface area (Å²) in [6.07, 6.45) is 6.76. The number of rotatable bonds is 5. The minimum Gasteiger partial charge on any atom is -0.284 e. The van der Waals surface area contributed by atoms with Gasteiger partial charge < -0.3 is 0 Å². The lowest BCUT2D eigenvalue weighted by molar-refractivity contribution is 0.329. The van der Waals surface area contributed by atoms with Crippen LogP contribution in [0.3, 0.4) is 0 Å². The zero-order valence-corrected chi connectivity index (χ0v) is 9.34. The second-order valence-corrected chi connectivity index (χ2v) is 4.13. The molecule has 0 unspecified atom stereocenters. The van der Waals surface area contributed by atoms with Crippen molar-refractivity contribution in [1.82, 2.24) is 4.90 Å². The quantitative estimate of drug-likeness (QED) is 0.702. The maximum absolute atomic E-state index is 8.71. The Hall–Kier alpha value is -1.59. The van der Waals surface area contributed by atoms with Gasteiger partial charge in [-0.15, -0.1) is 0 Å². The van der Waals surface area contributed by atoms with Crippen LogP contribution in [-0.4, -0.2) is 24.0 Å². The van der Waals surface area contributed by atoms with Crippen molar-refractivity contribution in [2.75, 3.05) is 13.1 Å². The molecule has 0 atom stereocenters. The van der Waals surface area contributed by atoms with Crippen LogP contribution in [0.25, 0.3) is 6.08 Å². The van der Waals surface area contributed by atoms with Crippen LogP contribution in [0.15, 0.2) is 36.4 Å². The van der Waals surface area contributed by atoms with E-state index in [4.69, 9.17) is 5.26 Å². The zero-order valence-electron chi connectivity index (χ0n) is 9.34. The van der Waals surface area contributed by atoms with Gasteiger partial charge in [0.25, 0.3) is 0 Å². The highest BCUT2D eigenvalue weighted by Crippen LogP contribution is 2.26. The van der Waals surface area contributed by atoms with E-state index in [2.05, 4.69) is 35.3 Å². The van der Waals surface area contributed by atoms with E-state index < -0.39 is 0 Å². The van der Waals surface area contributed by atoms with Gasteiger partial charge in [0.2, 0.25) is 0 Å². The Morgan fingerprint density at radius 1 is 1.31 bits per heavy atom. The standard InChI is InChI=1S/C14H16N2/c15-10-12-16(14-8-9-14)11-4-7-13-5-2-1-3-6-13/h1-7,14H,8-9,11-12H2/b7-4-. The van der Waals surface area contributed by atoms with E-state index in [1.54, 1.807) is 0 Å². The van der Waals surface area contributed by atoms with Gasteiger partial charge in [-0.2, -0.15) is 5.26 Å². The van der Waals surface area contributed by atoms with Gasteiger partial charge in [0, 0.05) is 12.6 Å². The molecule has 1 saturated carbocycles. The number of hydrogen-bond acceptors (Lipinski definition) is 2. The van der Waals surface area contributed by atoms with Crippen molar-refractivity contribution in [3.63, 3.8) is 0 Å². The third-order valence-corrected chi connectivity index (χ3v) is 2.79. The highest BCUT2D eigenvalue weighted by Gasteiger charge is 2.27. The van der Waals surface area contributed by atoms with Crippen molar-refractivity contribution in [1.29, 1.82) is 5.26 Å². The Balaban J connectivity index is 1.85. The molecule has 0 spiro atoms. The molecule has 0 radical (unpaired) electrons. The predicted octanol–water partition coefficient (Wildman–Crippen LogP) is 2.69. The zero-order chi connectivity index (χ0) is 11.2. The van der Waals surface area contributed by atoms with Gasteiger partial charge >= 0.3 is 0 Å². The van der Waals surface area contributed by atoms with Gasteiger partial charge in [0.15, 0.2) is 0 Å². The lowest BCUT2D eigenvalue weighted by Gasteiger charge is -2.15. The highest BCUT2D eigenvalue weighted by atomic mass is 15.2. The molecule has 0 N–H and O–H groups in total. The lowest BCUT2D eigenvalue weighted by atomic mass is 10.2. The Labute approximate surface area is 96.8 Å². The third kappa shape index (κ3) is 3.22. The summed E-state index contributed by atoms with van der Waals surface area (Å²) in [6, 6.07) is 13.1. The number of nitriles is 1. The normalized spacial score (nSPS) is 15.5. The Bertz CT molecular complexity index is 385. The van der Waals surface area contributed by atoms with Crippen molar-refractivity contribution in [2.24, 2.45) is 0 Å². The number of benzene rings is 1. The van der Waals surface area contributed by atoms with Crippen LogP contribution in [0, 0.1) is 11.3 Å². The van der Waals surface area contributed by atoms with Crippen molar-refractivity contribution >= 4 is 6.08 Å². The third-order valence-electron chi connectivity index (χ3n) is 2.79. The first-order valence-corrected chi connectivity index (χ1v) is 5.73. The van der Waals surface area contributed by atoms with E-state index in [9.17, 15) is 0 Å². The monoisotopic (exact) mass is 212 g/mol. The molecule has 2 heteroatoms. The molecule has 0 saturated heterocycles. The average molecular weight is 212 g/mol. The van der Waals surface area contributed by atoms with Crippen molar-refractivity contribution in [2.45, 2.75) is 18.9 Å². The van der Waals surface area contributed by atoms with Crippen LogP contribution in [0.4, 0.5) is 0 Å². The van der Waals surface area contributed by atoms with E-state index in [1.807, 2.05) is 18.2 Å². The van der Waals surface area contributed by atoms with Gasteiger partial charge in [-0.1, -0.05) is 42.5 Å². The summed E-state index contributed by atoms with van der Waals surface area (Å²) in [6.45, 7) is 1.43. The molecule has 1 aliphatic carbocycles. The van der Waals surface area contributed by atoms with Gasteiger partial charge in [-0.3, -0.25) is 4.90 Å². The first-order chi connectivity index (χ1) is 7.90. The molecule has 0 heterocycles. The van der Waals surface area contributed by atoms with Crippen LogP contribution in [0.1, 0.15) is 18.4 Å². The molecule has 0 aliphatic heterocycles. The summed E-state index contributed by atoms with van der Waals surface area (Å²) >= 11 is 0. The van der Waals surface area contributed by atoms with Crippen molar-refractivity contribution < 1.29 is 0 Å². The van der Waals surface area contributed by atoms with E-state index >= 15 is 0 Å². The first-order valence-electron chi connectivity index (χ1n) is 5.73. The van der Waals surface area contributed by atoms with Gasteiger partial charge in [-0.05, 0) is 18.4 Å². The van der Waals surface area contributed by atoms with E-state index in [0.717, 1.165) is 6.54 Å². The fourth-order valence-electron chi connectivity index (χ4n) is 1.76. The second kappa shape index (κ2) is 5.48. The summed E-state index contributed by atoms with van der Waals surface area (Å²) in [5.74, 6) is 0. The molecule has 1 aliphatic rings. The van der Waals surface area contributed by atoms with Gasteiger partial charge in [-0.25, -0.2) is 0 Å². The molecule has 0 bridgehead atoms. The molecular weight excluding hydrogens is 196 g/mol. The lowest BCUT2D eigenvalue weighted by Crippen LogP contribution is -2.26. The van der Waals surface area contributed by atoms with E-state index in [1.165, 1.54) is 18.4 Å². The molecule has 2 rings (SSSR count). The molecular formula is C14H16N2. The Morgan fingerprint density at radius 2 is 2.06 bits per heavy atom. The molecule has 1 fully saturated rings. The number of hydrogen-bond donors (Lipinski definition) is 0. The topological polar surface area (TPSA) is 27.0 Å². The maximum atomic E-state index is 8.71. The molecule has 0 amide bonds. The maximum Gasteiger partial charge on any atom is 0.0871 e. The average Bonchev–Trinajstić information content (AvgIpc) is 3.13. The molecule has 1 aromatic carbocycles. The minimum atomic E-state index is 0.545. The van der Waals surface area contributed by atoms with Crippen LogP contribution in [0.2, 0.25) is 0 Å². The molecule has 0 aromatic heterocycles. The largest absolute Gasteiger partial charge is 0.284 e. The predicted molar refractivity (Wildman–Crippen MR) is 65.7 cm³/mol. The van der Waals surface area contributed by atoms with Gasteiger partial charge in [0.05, 0.1) is 12.6 Å². The summed E-state index contributed by atoms with van der Waals surface area (Å²) < 4.78 is 0. The Kier molecular flexibility index (Phi) is 3.74. The fourth-order valence-corrected chi connectivity index (χ4v) is 1.76. The Morgan fingerprint density at radius 3 is 2.69 bits per heavy atom. The molecule has 16 heavy (non-hydrogen) atoms. The molecule has 1 aromatic rings. The fraction of sp³-hybridized carbons (Fsp3) is 0.357. The second-order valence-electron chi connectivity index (χ2n) is 4.13. The summed E-state index contributed by atoms with van der Waals surface area (Å²) in [7, 11) is 0. The molecule has 82 valence electrons.